The highest BCUT2D eigenvalue weighted by Gasteiger charge is 2.12. The summed E-state index contributed by atoms with van der Waals surface area (Å²) in [4.78, 5) is 4.15. The molecule has 0 bridgehead atoms. The van der Waals surface area contributed by atoms with Crippen LogP contribution in [0.1, 0.15) is 19.0 Å². The summed E-state index contributed by atoms with van der Waals surface area (Å²) in [5, 5.41) is 3.32. The fourth-order valence-electron chi connectivity index (χ4n) is 1.65. The average molecular weight is 269 g/mol. The Morgan fingerprint density at radius 1 is 1.44 bits per heavy atom. The van der Waals surface area contributed by atoms with Crippen LogP contribution in [0.3, 0.4) is 0 Å². The fourth-order valence-corrected chi connectivity index (χ4v) is 1.83. The maximum Gasteiger partial charge on any atom is 0.181 e. The van der Waals surface area contributed by atoms with Crippen molar-refractivity contribution in [3.05, 3.63) is 41.1 Å². The molecule has 96 valence electrons. The number of nitrogens with one attached hydrogen (secondary N) is 1. The molecule has 0 unspecified atom stereocenters. The van der Waals surface area contributed by atoms with Crippen LogP contribution in [0.5, 0.6) is 0 Å². The summed E-state index contributed by atoms with van der Waals surface area (Å²) < 4.78 is 18.4. The van der Waals surface area contributed by atoms with Crippen LogP contribution in [0.4, 0.5) is 4.39 Å². The van der Waals surface area contributed by atoms with Crippen molar-refractivity contribution in [2.45, 2.75) is 19.9 Å². The molecular formula is C13H14ClFN2O. The van der Waals surface area contributed by atoms with Gasteiger partial charge in [-0.25, -0.2) is 9.37 Å². The van der Waals surface area contributed by atoms with Crippen LogP contribution in [0.15, 0.2) is 29.0 Å². The van der Waals surface area contributed by atoms with Gasteiger partial charge in [-0.1, -0.05) is 18.5 Å². The lowest BCUT2D eigenvalue weighted by Crippen LogP contribution is -2.14. The van der Waals surface area contributed by atoms with E-state index in [1.54, 1.807) is 12.1 Å². The maximum absolute atomic E-state index is 13.1. The average Bonchev–Trinajstić information content (AvgIpc) is 2.81. The Hall–Kier alpha value is -1.39. The third-order valence-corrected chi connectivity index (χ3v) is 2.83. The van der Waals surface area contributed by atoms with Gasteiger partial charge in [0, 0.05) is 12.1 Å². The number of hydrogen-bond donors (Lipinski definition) is 1. The third-order valence-electron chi connectivity index (χ3n) is 2.54. The molecular weight excluding hydrogens is 255 g/mol. The quantitative estimate of drug-likeness (QED) is 0.842. The van der Waals surface area contributed by atoms with E-state index in [1.807, 2.05) is 0 Å². The smallest absolute Gasteiger partial charge is 0.181 e. The Labute approximate surface area is 110 Å². The monoisotopic (exact) mass is 268 g/mol. The third kappa shape index (κ3) is 2.89. The van der Waals surface area contributed by atoms with E-state index in [4.69, 9.17) is 16.0 Å². The van der Waals surface area contributed by atoms with Gasteiger partial charge < -0.3 is 9.73 Å². The minimum atomic E-state index is -0.439. The second-order valence-corrected chi connectivity index (χ2v) is 4.34. The van der Waals surface area contributed by atoms with Gasteiger partial charge >= 0.3 is 0 Å². The van der Waals surface area contributed by atoms with Crippen LogP contribution < -0.4 is 5.32 Å². The van der Waals surface area contributed by atoms with Crippen LogP contribution in [-0.4, -0.2) is 11.5 Å². The van der Waals surface area contributed by atoms with E-state index < -0.39 is 5.82 Å². The Bertz CT molecular complexity index is 527. The molecule has 0 fully saturated rings. The molecule has 0 radical (unpaired) electrons. The lowest BCUT2D eigenvalue weighted by Gasteiger charge is -2.03. The second kappa shape index (κ2) is 5.98. The molecule has 0 atom stereocenters. The predicted molar refractivity (Wildman–Crippen MR) is 68.9 cm³/mol. The van der Waals surface area contributed by atoms with Crippen molar-refractivity contribution >= 4 is 11.6 Å². The van der Waals surface area contributed by atoms with Crippen LogP contribution in [0.25, 0.3) is 11.3 Å². The van der Waals surface area contributed by atoms with Gasteiger partial charge in [0.1, 0.15) is 11.5 Å². The zero-order valence-corrected chi connectivity index (χ0v) is 10.8. The van der Waals surface area contributed by atoms with E-state index in [2.05, 4.69) is 17.2 Å². The first kappa shape index (κ1) is 13.1. The van der Waals surface area contributed by atoms with Crippen LogP contribution in [-0.2, 0) is 6.54 Å². The molecule has 1 N–H and O–H groups in total. The van der Waals surface area contributed by atoms with Gasteiger partial charge in [-0.3, -0.25) is 0 Å². The molecule has 0 spiro atoms. The molecule has 5 heteroatoms. The van der Waals surface area contributed by atoms with Gasteiger partial charge in [-0.05, 0) is 31.2 Å². The molecule has 0 saturated carbocycles. The van der Waals surface area contributed by atoms with Crippen LogP contribution >= 0.6 is 11.6 Å². The SMILES string of the molecule is CCCNCc1ncoc1-c1ccc(F)c(Cl)c1. The lowest BCUT2D eigenvalue weighted by atomic mass is 10.1. The van der Waals surface area contributed by atoms with E-state index >= 15 is 0 Å². The molecule has 0 aliphatic rings. The molecule has 2 rings (SSSR count). The zero-order valence-electron chi connectivity index (χ0n) is 10.0. The standard InChI is InChI=1S/C13H14ClFN2O/c1-2-5-16-7-12-13(18-8-17-12)9-3-4-11(15)10(14)6-9/h3-4,6,8,16H,2,5,7H2,1H3. The van der Waals surface area contributed by atoms with Crippen molar-refractivity contribution in [2.24, 2.45) is 0 Å². The van der Waals surface area contributed by atoms with Crippen molar-refractivity contribution in [3.8, 4) is 11.3 Å². The Balaban J connectivity index is 2.22. The highest BCUT2D eigenvalue weighted by atomic mass is 35.5. The lowest BCUT2D eigenvalue weighted by molar-refractivity contribution is 0.569. The van der Waals surface area contributed by atoms with Crippen LogP contribution in [0, 0.1) is 5.82 Å². The minimum absolute atomic E-state index is 0.0800. The Kier molecular flexibility index (Phi) is 4.33. The number of halogens is 2. The molecule has 0 saturated heterocycles. The summed E-state index contributed by atoms with van der Waals surface area (Å²) in [6.45, 7) is 3.63. The first-order valence-electron chi connectivity index (χ1n) is 5.81. The first-order valence-corrected chi connectivity index (χ1v) is 6.18. The molecule has 18 heavy (non-hydrogen) atoms. The molecule has 0 amide bonds. The summed E-state index contributed by atoms with van der Waals surface area (Å²) >= 11 is 5.76. The van der Waals surface area contributed by atoms with Crippen molar-refractivity contribution in [2.75, 3.05) is 6.54 Å². The van der Waals surface area contributed by atoms with Crippen molar-refractivity contribution in [1.29, 1.82) is 0 Å². The van der Waals surface area contributed by atoms with Gasteiger partial charge in [0.2, 0.25) is 0 Å². The highest BCUT2D eigenvalue weighted by Crippen LogP contribution is 2.27. The topological polar surface area (TPSA) is 38.1 Å². The van der Waals surface area contributed by atoms with E-state index in [0.717, 1.165) is 24.2 Å². The molecule has 1 heterocycles. The number of hydrogen-bond acceptors (Lipinski definition) is 3. The van der Waals surface area contributed by atoms with E-state index in [1.165, 1.54) is 12.5 Å². The number of nitrogens with zero attached hydrogens (tertiary/aromatic N) is 1. The fraction of sp³-hybridized carbons (Fsp3) is 0.308. The summed E-state index contributed by atoms with van der Waals surface area (Å²) in [5.74, 6) is 0.186. The van der Waals surface area contributed by atoms with Gasteiger partial charge in [-0.15, -0.1) is 0 Å². The van der Waals surface area contributed by atoms with Gasteiger partial charge in [0.05, 0.1) is 5.02 Å². The zero-order chi connectivity index (χ0) is 13.0. The van der Waals surface area contributed by atoms with Crippen molar-refractivity contribution in [1.82, 2.24) is 10.3 Å². The van der Waals surface area contributed by atoms with Gasteiger partial charge in [0.25, 0.3) is 0 Å². The highest BCUT2D eigenvalue weighted by molar-refractivity contribution is 6.31. The molecule has 0 aliphatic carbocycles. The second-order valence-electron chi connectivity index (χ2n) is 3.93. The number of oxazole rings is 1. The Morgan fingerprint density at radius 3 is 3.00 bits per heavy atom. The molecule has 0 aliphatic heterocycles. The first-order chi connectivity index (χ1) is 8.72. The predicted octanol–water partition coefficient (Wildman–Crippen LogP) is 3.63. The summed E-state index contributed by atoms with van der Waals surface area (Å²) in [6.07, 6.45) is 2.44. The summed E-state index contributed by atoms with van der Waals surface area (Å²) in [6, 6.07) is 4.50. The maximum atomic E-state index is 13.1. The van der Waals surface area contributed by atoms with E-state index in [0.29, 0.717) is 12.3 Å². The van der Waals surface area contributed by atoms with Crippen molar-refractivity contribution in [3.63, 3.8) is 0 Å². The van der Waals surface area contributed by atoms with E-state index in [-0.39, 0.29) is 5.02 Å². The normalized spacial score (nSPS) is 10.8. The van der Waals surface area contributed by atoms with E-state index in [9.17, 15) is 4.39 Å². The molecule has 2 aromatic rings. The van der Waals surface area contributed by atoms with Gasteiger partial charge in [0.15, 0.2) is 12.2 Å². The molecule has 3 nitrogen and oxygen atoms in total. The molecule has 1 aromatic heterocycles. The number of rotatable bonds is 5. The number of aromatic nitrogens is 1. The summed E-state index contributed by atoms with van der Waals surface area (Å²) in [5.41, 5.74) is 1.53. The summed E-state index contributed by atoms with van der Waals surface area (Å²) in [7, 11) is 0. The largest absolute Gasteiger partial charge is 0.443 e. The molecule has 1 aromatic carbocycles. The van der Waals surface area contributed by atoms with Crippen LogP contribution in [0.2, 0.25) is 5.02 Å². The number of benzene rings is 1. The Morgan fingerprint density at radius 2 is 2.28 bits per heavy atom. The van der Waals surface area contributed by atoms with Gasteiger partial charge in [-0.2, -0.15) is 0 Å². The van der Waals surface area contributed by atoms with Crippen molar-refractivity contribution < 1.29 is 8.81 Å². The minimum Gasteiger partial charge on any atom is -0.443 e.